The van der Waals surface area contributed by atoms with Gasteiger partial charge in [-0.25, -0.2) is 0 Å². The highest BCUT2D eigenvalue weighted by atomic mass is 16.5. The molecule has 32 heavy (non-hydrogen) atoms. The molecule has 0 saturated heterocycles. The van der Waals surface area contributed by atoms with Crippen LogP contribution in [-0.4, -0.2) is 13.2 Å². The minimum Gasteiger partial charge on any atom is -0.381 e. The molecule has 188 valence electrons. The Morgan fingerprint density at radius 3 is 2.47 bits per heavy atom. The number of hydrogen-bond acceptors (Lipinski definition) is 1. The van der Waals surface area contributed by atoms with E-state index < -0.39 is 0 Å². The van der Waals surface area contributed by atoms with Gasteiger partial charge in [0.05, 0.1) is 6.10 Å². The Bertz CT molecular complexity index is 577. The fraction of sp³-hybridized carbons (Fsp3) is 0.935. The number of ether oxygens (including phenoxy) is 1. The van der Waals surface area contributed by atoms with E-state index in [0.29, 0.717) is 16.9 Å². The molecule has 0 bridgehead atoms. The Balaban J connectivity index is 2.13. The van der Waals surface area contributed by atoms with Crippen molar-refractivity contribution in [3.05, 3.63) is 11.6 Å². The minimum atomic E-state index is 0.407. The van der Waals surface area contributed by atoms with Crippen LogP contribution in [0.3, 0.4) is 0 Å². The smallest absolute Gasteiger partial charge is 0.0608 e. The second-order valence-electron chi connectivity index (χ2n) is 12.8. The van der Waals surface area contributed by atoms with Crippen LogP contribution in [0.15, 0.2) is 11.6 Å². The standard InChI is InChI=1S/C31H58O/c1-10-19-30(7,28(11-2)24(5)14-12-13-23(3)4)20-18-29-25(6)15-16-26-22-27(32-9)17-21-31(26,29)8/h16,23-25,27-29H,10-15,17-22H2,1-9H3. The second-order valence-corrected chi connectivity index (χ2v) is 12.8. The summed E-state index contributed by atoms with van der Waals surface area (Å²) >= 11 is 0. The van der Waals surface area contributed by atoms with Crippen LogP contribution in [0.5, 0.6) is 0 Å². The zero-order chi connectivity index (χ0) is 23.9. The van der Waals surface area contributed by atoms with Gasteiger partial charge in [-0.15, -0.1) is 0 Å². The molecule has 0 aromatic carbocycles. The molecule has 2 aliphatic carbocycles. The van der Waals surface area contributed by atoms with Crippen LogP contribution in [-0.2, 0) is 4.74 Å². The Morgan fingerprint density at radius 2 is 1.88 bits per heavy atom. The van der Waals surface area contributed by atoms with Crippen LogP contribution in [0.25, 0.3) is 0 Å². The second kappa shape index (κ2) is 12.4. The van der Waals surface area contributed by atoms with Gasteiger partial charge in [0, 0.05) is 7.11 Å². The number of rotatable bonds is 13. The first-order valence-electron chi connectivity index (χ1n) is 14.3. The number of allylic oxidation sites excluding steroid dienone is 1. The van der Waals surface area contributed by atoms with E-state index in [1.54, 1.807) is 5.57 Å². The van der Waals surface area contributed by atoms with Gasteiger partial charge in [0.2, 0.25) is 0 Å². The Labute approximate surface area is 202 Å². The predicted octanol–water partition coefficient (Wildman–Crippen LogP) is 9.85. The summed E-state index contributed by atoms with van der Waals surface area (Å²) in [5.74, 6) is 4.21. The number of fused-ring (bicyclic) bond motifs is 1. The average molecular weight is 447 g/mol. The maximum Gasteiger partial charge on any atom is 0.0608 e. The monoisotopic (exact) mass is 446 g/mol. The maximum atomic E-state index is 5.77. The molecule has 0 aliphatic heterocycles. The van der Waals surface area contributed by atoms with E-state index in [2.05, 4.69) is 61.5 Å². The van der Waals surface area contributed by atoms with Crippen molar-refractivity contribution in [2.24, 2.45) is 40.4 Å². The van der Waals surface area contributed by atoms with E-state index in [-0.39, 0.29) is 0 Å². The third-order valence-corrected chi connectivity index (χ3v) is 10.1. The third kappa shape index (κ3) is 6.64. The lowest BCUT2D eigenvalue weighted by Gasteiger charge is -2.51. The van der Waals surface area contributed by atoms with Gasteiger partial charge in [-0.3, -0.25) is 0 Å². The van der Waals surface area contributed by atoms with Gasteiger partial charge in [0.25, 0.3) is 0 Å². The normalized spacial score (nSPS) is 32.2. The summed E-state index contributed by atoms with van der Waals surface area (Å²) in [5, 5.41) is 0. The maximum absolute atomic E-state index is 5.77. The van der Waals surface area contributed by atoms with Crippen molar-refractivity contribution < 1.29 is 4.74 Å². The van der Waals surface area contributed by atoms with Crippen LogP contribution in [0.2, 0.25) is 0 Å². The van der Waals surface area contributed by atoms with Crippen molar-refractivity contribution in [1.82, 2.24) is 0 Å². The molecule has 0 aromatic heterocycles. The van der Waals surface area contributed by atoms with Crippen LogP contribution in [0.4, 0.5) is 0 Å². The summed E-state index contributed by atoms with van der Waals surface area (Å²) in [6.45, 7) is 20.0. The number of methoxy groups -OCH3 is 1. The van der Waals surface area contributed by atoms with Gasteiger partial charge >= 0.3 is 0 Å². The van der Waals surface area contributed by atoms with Gasteiger partial charge in [-0.2, -0.15) is 0 Å². The van der Waals surface area contributed by atoms with E-state index in [1.807, 2.05) is 7.11 Å². The van der Waals surface area contributed by atoms with E-state index in [4.69, 9.17) is 4.74 Å². The molecule has 0 spiro atoms. The molecule has 2 rings (SSSR count). The molecule has 0 N–H and O–H groups in total. The molecule has 1 fully saturated rings. The van der Waals surface area contributed by atoms with Crippen LogP contribution in [0.1, 0.15) is 132 Å². The molecule has 0 radical (unpaired) electrons. The number of hydrogen-bond donors (Lipinski definition) is 0. The Kier molecular flexibility index (Phi) is 10.8. The molecular weight excluding hydrogens is 388 g/mol. The highest BCUT2D eigenvalue weighted by molar-refractivity contribution is 5.23. The minimum absolute atomic E-state index is 0.407. The molecule has 0 aromatic rings. The topological polar surface area (TPSA) is 9.23 Å². The van der Waals surface area contributed by atoms with E-state index in [9.17, 15) is 0 Å². The van der Waals surface area contributed by atoms with Crippen molar-refractivity contribution >= 4 is 0 Å². The summed E-state index contributed by atoms with van der Waals surface area (Å²) < 4.78 is 5.77. The molecule has 2 aliphatic rings. The molecular formula is C31H58O. The van der Waals surface area contributed by atoms with E-state index in [1.165, 1.54) is 77.0 Å². The highest BCUT2D eigenvalue weighted by Crippen LogP contribution is 2.56. The fourth-order valence-electron chi connectivity index (χ4n) is 8.05. The van der Waals surface area contributed by atoms with E-state index >= 15 is 0 Å². The van der Waals surface area contributed by atoms with Crippen LogP contribution in [0, 0.1) is 40.4 Å². The van der Waals surface area contributed by atoms with Gasteiger partial charge in [0.15, 0.2) is 0 Å². The molecule has 1 nitrogen and oxygen atoms in total. The molecule has 1 heteroatoms. The highest BCUT2D eigenvalue weighted by Gasteiger charge is 2.46. The Hall–Kier alpha value is -0.300. The zero-order valence-electron chi connectivity index (χ0n) is 23.4. The van der Waals surface area contributed by atoms with Crippen molar-refractivity contribution in [1.29, 1.82) is 0 Å². The van der Waals surface area contributed by atoms with Crippen molar-refractivity contribution in [2.75, 3.05) is 7.11 Å². The summed E-state index contributed by atoms with van der Waals surface area (Å²) in [7, 11) is 1.90. The largest absolute Gasteiger partial charge is 0.381 e. The summed E-state index contributed by atoms with van der Waals surface area (Å²) in [4.78, 5) is 0. The van der Waals surface area contributed by atoms with Gasteiger partial charge in [-0.05, 0) is 85.4 Å². The quantitative estimate of drug-likeness (QED) is 0.256. The van der Waals surface area contributed by atoms with Crippen molar-refractivity contribution in [2.45, 2.75) is 139 Å². The molecule has 0 heterocycles. The predicted molar refractivity (Wildman–Crippen MR) is 142 cm³/mol. The summed E-state index contributed by atoms with van der Waals surface area (Å²) in [6, 6.07) is 0. The lowest BCUT2D eigenvalue weighted by molar-refractivity contribution is 0.0135. The van der Waals surface area contributed by atoms with E-state index in [0.717, 1.165) is 29.6 Å². The van der Waals surface area contributed by atoms with Crippen molar-refractivity contribution in [3.8, 4) is 0 Å². The first-order chi connectivity index (χ1) is 15.1. The SMILES string of the molecule is CCCC(C)(CCC1C(C)CC=C2CC(OC)CCC21C)C(CC)C(C)CCCC(C)C. The van der Waals surface area contributed by atoms with Gasteiger partial charge in [0.1, 0.15) is 0 Å². The van der Waals surface area contributed by atoms with Crippen molar-refractivity contribution in [3.63, 3.8) is 0 Å². The zero-order valence-corrected chi connectivity index (χ0v) is 23.4. The first kappa shape index (κ1) is 27.9. The van der Waals surface area contributed by atoms with Crippen LogP contribution >= 0.6 is 0 Å². The lowest BCUT2D eigenvalue weighted by Crippen LogP contribution is -2.43. The lowest BCUT2D eigenvalue weighted by atomic mass is 9.54. The van der Waals surface area contributed by atoms with Gasteiger partial charge < -0.3 is 4.74 Å². The average Bonchev–Trinajstić information content (AvgIpc) is 2.73. The van der Waals surface area contributed by atoms with Gasteiger partial charge in [-0.1, -0.05) is 99.1 Å². The van der Waals surface area contributed by atoms with Crippen LogP contribution < -0.4 is 0 Å². The molecule has 7 unspecified atom stereocenters. The first-order valence-corrected chi connectivity index (χ1v) is 14.3. The summed E-state index contributed by atoms with van der Waals surface area (Å²) in [6.07, 6.45) is 19.2. The Morgan fingerprint density at radius 1 is 1.16 bits per heavy atom. The molecule has 1 saturated carbocycles. The fourth-order valence-corrected chi connectivity index (χ4v) is 8.05. The molecule has 7 atom stereocenters. The molecule has 0 amide bonds. The summed E-state index contributed by atoms with van der Waals surface area (Å²) in [5.41, 5.74) is 2.62. The third-order valence-electron chi connectivity index (χ3n) is 10.1.